The molecule has 2 heterocycles. The molecular weight excluding hydrogens is 447 g/mol. The van der Waals surface area contributed by atoms with Crippen LogP contribution in [0.1, 0.15) is 47.2 Å². The highest BCUT2D eigenvalue weighted by atomic mass is 79.9. The molecule has 0 bridgehead atoms. The van der Waals surface area contributed by atoms with E-state index in [1.807, 2.05) is 53.7 Å². The first-order chi connectivity index (χ1) is 13.9. The number of pyridine rings is 1. The average Bonchev–Trinajstić information content (AvgIpc) is 2.95. The largest absolute Gasteiger partial charge is 0.443 e. The maximum atomic E-state index is 13.7. The summed E-state index contributed by atoms with van der Waals surface area (Å²) in [7, 11) is 0. The number of benzene rings is 1. The molecule has 0 saturated carbocycles. The average molecular weight is 473 g/mol. The van der Waals surface area contributed by atoms with Crippen LogP contribution < -0.4 is 0 Å². The summed E-state index contributed by atoms with van der Waals surface area (Å²) >= 11 is 3.76. The van der Waals surface area contributed by atoms with Crippen LogP contribution in [0.15, 0.2) is 53.3 Å². The molecule has 30 heavy (non-hydrogen) atoms. The molecule has 0 N–H and O–H groups in total. The summed E-state index contributed by atoms with van der Waals surface area (Å²) in [6, 6.07) is 9.91. The van der Waals surface area contributed by atoms with Crippen molar-refractivity contribution in [3.63, 3.8) is 0 Å². The van der Waals surface area contributed by atoms with Crippen molar-refractivity contribution in [1.82, 2.24) is 9.55 Å². The van der Waals surface area contributed by atoms with Crippen molar-refractivity contribution < 1.29 is 13.9 Å². The van der Waals surface area contributed by atoms with E-state index in [1.165, 1.54) is 12.1 Å². The lowest BCUT2D eigenvalue weighted by atomic mass is 9.91. The maximum Gasteiger partial charge on any atom is 0.419 e. The van der Waals surface area contributed by atoms with Crippen LogP contribution in [0, 0.1) is 5.82 Å². The zero-order chi connectivity index (χ0) is 22.3. The van der Waals surface area contributed by atoms with E-state index >= 15 is 0 Å². The molecule has 3 aromatic rings. The van der Waals surface area contributed by atoms with Gasteiger partial charge in [0.2, 0.25) is 0 Å². The Morgan fingerprint density at radius 1 is 0.967 bits per heavy atom. The third kappa shape index (κ3) is 4.48. The van der Waals surface area contributed by atoms with Crippen LogP contribution in [0.4, 0.5) is 9.18 Å². The standard InChI is InChI=1S/C24H26BrFN2O2/c1-23(2,3)21-19(25)18(15-11-13-27-14-12-15)20(16-7-9-17(26)10-8-16)28(21)22(29)30-24(4,5)6/h7-14H,1-6H3. The number of carbonyl (C=O) groups excluding carboxylic acids is 1. The Morgan fingerprint density at radius 3 is 2.03 bits per heavy atom. The second kappa shape index (κ2) is 7.99. The van der Waals surface area contributed by atoms with Crippen molar-refractivity contribution in [1.29, 1.82) is 0 Å². The second-order valence-corrected chi connectivity index (χ2v) is 9.99. The summed E-state index contributed by atoms with van der Waals surface area (Å²) < 4.78 is 21.8. The van der Waals surface area contributed by atoms with Crippen molar-refractivity contribution in [3.05, 3.63) is 64.8 Å². The number of hydrogen-bond donors (Lipinski definition) is 0. The van der Waals surface area contributed by atoms with Gasteiger partial charge >= 0.3 is 6.09 Å². The van der Waals surface area contributed by atoms with Crippen molar-refractivity contribution in [2.24, 2.45) is 0 Å². The van der Waals surface area contributed by atoms with Crippen LogP contribution in [0.3, 0.4) is 0 Å². The molecule has 0 atom stereocenters. The molecule has 0 aliphatic rings. The third-order valence-electron chi connectivity index (χ3n) is 4.48. The zero-order valence-electron chi connectivity index (χ0n) is 18.1. The SMILES string of the molecule is CC(C)(C)OC(=O)n1c(-c2ccc(F)cc2)c(-c2ccncc2)c(Br)c1C(C)(C)C. The van der Waals surface area contributed by atoms with Gasteiger partial charge in [0.05, 0.1) is 5.69 Å². The lowest BCUT2D eigenvalue weighted by Crippen LogP contribution is -2.31. The van der Waals surface area contributed by atoms with E-state index in [0.29, 0.717) is 11.3 Å². The minimum Gasteiger partial charge on any atom is -0.443 e. The molecule has 3 rings (SSSR count). The summed E-state index contributed by atoms with van der Waals surface area (Å²) in [5, 5.41) is 0. The van der Waals surface area contributed by atoms with Gasteiger partial charge in [0.25, 0.3) is 0 Å². The van der Waals surface area contributed by atoms with Gasteiger partial charge in [-0.05, 0) is 84.2 Å². The molecule has 2 aromatic heterocycles. The third-order valence-corrected chi connectivity index (χ3v) is 5.26. The fourth-order valence-electron chi connectivity index (χ4n) is 3.36. The summed E-state index contributed by atoms with van der Waals surface area (Å²) in [5.41, 5.74) is 2.82. The van der Waals surface area contributed by atoms with Gasteiger partial charge in [0, 0.05) is 33.5 Å². The molecule has 0 spiro atoms. The highest BCUT2D eigenvalue weighted by Crippen LogP contribution is 2.46. The van der Waals surface area contributed by atoms with Crippen LogP contribution in [0.25, 0.3) is 22.4 Å². The van der Waals surface area contributed by atoms with E-state index in [1.54, 1.807) is 29.1 Å². The Morgan fingerprint density at radius 2 is 1.53 bits per heavy atom. The van der Waals surface area contributed by atoms with Crippen molar-refractivity contribution >= 4 is 22.0 Å². The number of carbonyl (C=O) groups is 1. The first-order valence-electron chi connectivity index (χ1n) is 9.74. The van der Waals surface area contributed by atoms with Crippen molar-refractivity contribution in [3.8, 4) is 22.4 Å². The van der Waals surface area contributed by atoms with Gasteiger partial charge in [-0.3, -0.25) is 4.98 Å². The molecule has 0 amide bonds. The van der Waals surface area contributed by atoms with Crippen LogP contribution in [-0.4, -0.2) is 21.2 Å². The minimum absolute atomic E-state index is 0.338. The van der Waals surface area contributed by atoms with Crippen LogP contribution in [0.2, 0.25) is 0 Å². The van der Waals surface area contributed by atoms with E-state index < -0.39 is 11.7 Å². The first-order valence-corrected chi connectivity index (χ1v) is 10.5. The number of halogens is 2. The lowest BCUT2D eigenvalue weighted by Gasteiger charge is -2.26. The predicted molar refractivity (Wildman–Crippen MR) is 121 cm³/mol. The van der Waals surface area contributed by atoms with Crippen molar-refractivity contribution in [2.75, 3.05) is 0 Å². The zero-order valence-corrected chi connectivity index (χ0v) is 19.7. The molecule has 0 radical (unpaired) electrons. The molecular formula is C24H26BrFN2O2. The molecule has 4 nitrogen and oxygen atoms in total. The summed E-state index contributed by atoms with van der Waals surface area (Å²) in [6.45, 7) is 11.6. The van der Waals surface area contributed by atoms with Gasteiger partial charge < -0.3 is 4.74 Å². The van der Waals surface area contributed by atoms with Gasteiger partial charge in [-0.15, -0.1) is 0 Å². The smallest absolute Gasteiger partial charge is 0.419 e. The van der Waals surface area contributed by atoms with E-state index in [9.17, 15) is 9.18 Å². The van der Waals surface area contributed by atoms with Gasteiger partial charge in [-0.1, -0.05) is 20.8 Å². The molecule has 0 aliphatic heterocycles. The fraction of sp³-hybridized carbons (Fsp3) is 0.333. The highest BCUT2D eigenvalue weighted by molar-refractivity contribution is 9.10. The Labute approximate surface area is 185 Å². The molecule has 0 fully saturated rings. The molecule has 0 aliphatic carbocycles. The van der Waals surface area contributed by atoms with Gasteiger partial charge in [-0.25, -0.2) is 13.8 Å². The second-order valence-electron chi connectivity index (χ2n) is 9.19. The molecule has 0 unspecified atom stereocenters. The minimum atomic E-state index is -0.667. The quantitative estimate of drug-likeness (QED) is 0.395. The summed E-state index contributed by atoms with van der Waals surface area (Å²) in [6.07, 6.45) is 2.93. The molecule has 6 heteroatoms. The van der Waals surface area contributed by atoms with Crippen molar-refractivity contribution in [2.45, 2.75) is 52.6 Å². The molecule has 158 valence electrons. The number of nitrogens with zero attached hydrogens (tertiary/aromatic N) is 2. The Kier molecular flexibility index (Phi) is 5.92. The number of rotatable bonds is 2. The lowest BCUT2D eigenvalue weighted by molar-refractivity contribution is 0.0531. The Hall–Kier alpha value is -2.47. The van der Waals surface area contributed by atoms with E-state index in [-0.39, 0.29) is 11.2 Å². The van der Waals surface area contributed by atoms with Gasteiger partial charge in [0.15, 0.2) is 0 Å². The predicted octanol–water partition coefficient (Wildman–Crippen LogP) is 7.20. The Bertz CT molecular complexity index is 1060. The monoisotopic (exact) mass is 472 g/mol. The summed E-state index contributed by atoms with van der Waals surface area (Å²) in [5.74, 6) is -0.338. The van der Waals surface area contributed by atoms with Crippen LogP contribution in [-0.2, 0) is 10.2 Å². The van der Waals surface area contributed by atoms with Crippen LogP contribution >= 0.6 is 15.9 Å². The molecule has 0 saturated heterocycles. The normalized spacial score (nSPS) is 12.1. The van der Waals surface area contributed by atoms with Crippen LogP contribution in [0.5, 0.6) is 0 Å². The fourth-order valence-corrected chi connectivity index (χ4v) is 4.55. The Balaban J connectivity index is 2.43. The van der Waals surface area contributed by atoms with Gasteiger partial charge in [0.1, 0.15) is 11.4 Å². The topological polar surface area (TPSA) is 44.1 Å². The van der Waals surface area contributed by atoms with E-state index in [0.717, 1.165) is 21.3 Å². The summed E-state index contributed by atoms with van der Waals surface area (Å²) in [4.78, 5) is 17.5. The highest BCUT2D eigenvalue weighted by Gasteiger charge is 2.34. The maximum absolute atomic E-state index is 13.7. The van der Waals surface area contributed by atoms with Gasteiger partial charge in [-0.2, -0.15) is 0 Å². The van der Waals surface area contributed by atoms with E-state index in [4.69, 9.17) is 4.74 Å². The molecule has 1 aromatic carbocycles. The number of ether oxygens (including phenoxy) is 1. The first kappa shape index (κ1) is 22.2. The number of aromatic nitrogens is 2. The van der Waals surface area contributed by atoms with E-state index in [2.05, 4.69) is 20.9 Å². The number of hydrogen-bond acceptors (Lipinski definition) is 3.